The molecule has 1 aromatic carbocycles. The molecule has 0 bridgehead atoms. The van der Waals surface area contributed by atoms with Crippen LogP contribution in [-0.2, 0) is 14.3 Å². The Balaban J connectivity index is 2.31. The highest BCUT2D eigenvalue weighted by Gasteiger charge is 2.29. The first-order valence-corrected chi connectivity index (χ1v) is 8.11. The maximum atomic E-state index is 12.3. The number of amides is 1. The van der Waals surface area contributed by atoms with E-state index in [1.165, 1.54) is 25.2 Å². The molecular weight excluding hydrogens is 368 g/mol. The number of esters is 1. The number of ether oxygens (including phenoxy) is 3. The zero-order valence-corrected chi connectivity index (χ0v) is 15.5. The van der Waals surface area contributed by atoms with Gasteiger partial charge in [0.2, 0.25) is 0 Å². The molecule has 0 atom stereocenters. The minimum absolute atomic E-state index is 0.228. The number of rotatable bonds is 6. The number of hydrogen-bond acceptors (Lipinski definition) is 6. The summed E-state index contributed by atoms with van der Waals surface area (Å²) in [6.07, 6.45) is 1.58. The molecule has 0 saturated carbocycles. The zero-order valence-electron chi connectivity index (χ0n) is 13.9. The van der Waals surface area contributed by atoms with E-state index in [9.17, 15) is 9.59 Å². The summed E-state index contributed by atoms with van der Waals surface area (Å²) in [6, 6.07) is 3.11. The molecule has 1 aliphatic heterocycles. The van der Waals surface area contributed by atoms with Crippen LogP contribution in [0.3, 0.4) is 0 Å². The first kappa shape index (κ1) is 19.0. The third-order valence-corrected chi connectivity index (χ3v) is 4.08. The summed E-state index contributed by atoms with van der Waals surface area (Å²) in [6.45, 7) is 2.03. The lowest BCUT2D eigenvalue weighted by molar-refractivity contribution is -0.142. The van der Waals surface area contributed by atoms with Crippen LogP contribution in [0, 0.1) is 0 Å². The van der Waals surface area contributed by atoms with Crippen molar-refractivity contribution in [2.45, 2.75) is 6.92 Å². The predicted molar refractivity (Wildman–Crippen MR) is 96.6 cm³/mol. The summed E-state index contributed by atoms with van der Waals surface area (Å²) in [4.78, 5) is 24.9. The van der Waals surface area contributed by atoms with Gasteiger partial charge in [0.15, 0.2) is 23.2 Å². The molecule has 0 radical (unpaired) electrons. The van der Waals surface area contributed by atoms with Gasteiger partial charge in [-0.15, -0.1) is 0 Å². The monoisotopic (exact) mass is 384 g/mol. The number of halogens is 1. The average molecular weight is 385 g/mol. The smallest absolute Gasteiger partial charge is 0.343 e. The van der Waals surface area contributed by atoms with Crippen LogP contribution in [0.5, 0.6) is 11.5 Å². The quantitative estimate of drug-likeness (QED) is 0.456. The fourth-order valence-corrected chi connectivity index (χ4v) is 2.67. The van der Waals surface area contributed by atoms with Gasteiger partial charge >= 0.3 is 5.97 Å². The van der Waals surface area contributed by atoms with E-state index in [4.69, 9.17) is 33.3 Å². The number of methoxy groups -OCH3 is 2. The van der Waals surface area contributed by atoms with Gasteiger partial charge in [-0.05, 0) is 36.8 Å². The van der Waals surface area contributed by atoms with Crippen LogP contribution in [0.1, 0.15) is 12.5 Å². The molecule has 2 rings (SSSR count). The van der Waals surface area contributed by atoms with Crippen molar-refractivity contribution in [1.82, 2.24) is 10.2 Å². The summed E-state index contributed by atoms with van der Waals surface area (Å²) in [5.74, 6) is -0.108. The number of likely N-dealkylation sites (N-methyl/N-ethyl adjacent to an activating group) is 1. The first-order chi connectivity index (χ1) is 11.9. The Hall–Kier alpha value is -2.32. The van der Waals surface area contributed by atoms with Gasteiger partial charge in [0, 0.05) is 12.6 Å². The van der Waals surface area contributed by atoms with E-state index in [0.717, 1.165) is 0 Å². The number of benzene rings is 1. The van der Waals surface area contributed by atoms with Crippen LogP contribution in [0.2, 0.25) is 5.02 Å². The van der Waals surface area contributed by atoms with Crippen molar-refractivity contribution in [1.29, 1.82) is 0 Å². The molecule has 1 aliphatic rings. The SMILES string of the molecule is CCN1C(=O)C(=Cc2cc(OC)c(OCC(=O)OC)cc2Cl)NC1=S. The fourth-order valence-electron chi connectivity index (χ4n) is 2.14. The molecule has 1 fully saturated rings. The second-order valence-electron chi connectivity index (χ2n) is 4.93. The molecule has 7 nitrogen and oxygen atoms in total. The van der Waals surface area contributed by atoms with E-state index >= 15 is 0 Å². The molecule has 1 amide bonds. The predicted octanol–water partition coefficient (Wildman–Crippen LogP) is 1.98. The Morgan fingerprint density at radius 3 is 2.64 bits per heavy atom. The van der Waals surface area contributed by atoms with Gasteiger partial charge < -0.3 is 19.5 Å². The van der Waals surface area contributed by atoms with Crippen LogP contribution in [0.25, 0.3) is 6.08 Å². The maximum absolute atomic E-state index is 12.3. The molecule has 9 heteroatoms. The molecule has 0 unspecified atom stereocenters. The molecule has 1 heterocycles. The molecule has 1 saturated heterocycles. The van der Waals surface area contributed by atoms with Crippen molar-refractivity contribution >= 4 is 46.9 Å². The van der Waals surface area contributed by atoms with E-state index < -0.39 is 5.97 Å². The van der Waals surface area contributed by atoms with E-state index in [1.54, 1.807) is 12.1 Å². The summed E-state index contributed by atoms with van der Waals surface area (Å²) in [5.41, 5.74) is 0.861. The second-order valence-corrected chi connectivity index (χ2v) is 5.72. The van der Waals surface area contributed by atoms with Gasteiger partial charge in [-0.2, -0.15) is 0 Å². The highest BCUT2D eigenvalue weighted by Crippen LogP contribution is 2.34. The highest BCUT2D eigenvalue weighted by atomic mass is 35.5. The lowest BCUT2D eigenvalue weighted by Gasteiger charge is -2.12. The van der Waals surface area contributed by atoms with Gasteiger partial charge in [0.05, 0.1) is 19.2 Å². The van der Waals surface area contributed by atoms with Crippen molar-refractivity contribution in [3.63, 3.8) is 0 Å². The lowest BCUT2D eigenvalue weighted by atomic mass is 10.1. The number of nitrogens with zero attached hydrogens (tertiary/aromatic N) is 1. The van der Waals surface area contributed by atoms with E-state index in [2.05, 4.69) is 10.1 Å². The van der Waals surface area contributed by atoms with Crippen LogP contribution >= 0.6 is 23.8 Å². The van der Waals surface area contributed by atoms with Gasteiger partial charge in [-0.25, -0.2) is 4.79 Å². The Morgan fingerprint density at radius 1 is 1.36 bits per heavy atom. The highest BCUT2D eigenvalue weighted by molar-refractivity contribution is 7.80. The lowest BCUT2D eigenvalue weighted by Crippen LogP contribution is -2.30. The molecule has 1 aromatic rings. The normalized spacial score (nSPS) is 15.4. The van der Waals surface area contributed by atoms with Gasteiger partial charge in [-0.1, -0.05) is 11.6 Å². The molecule has 0 aromatic heterocycles. The van der Waals surface area contributed by atoms with E-state index in [-0.39, 0.29) is 18.3 Å². The van der Waals surface area contributed by atoms with Gasteiger partial charge in [-0.3, -0.25) is 9.69 Å². The Bertz CT molecular complexity index is 750. The third-order valence-electron chi connectivity index (χ3n) is 3.43. The van der Waals surface area contributed by atoms with Crippen molar-refractivity contribution in [2.24, 2.45) is 0 Å². The number of carbonyl (C=O) groups is 2. The number of carbonyl (C=O) groups excluding carboxylic acids is 2. The summed E-state index contributed by atoms with van der Waals surface area (Å²) < 4.78 is 15.1. The van der Waals surface area contributed by atoms with Crippen LogP contribution in [-0.4, -0.2) is 49.3 Å². The zero-order chi connectivity index (χ0) is 18.6. The molecule has 1 N–H and O–H groups in total. The third kappa shape index (κ3) is 4.21. The molecule has 0 spiro atoms. The number of thiocarbonyl (C=S) groups is 1. The van der Waals surface area contributed by atoms with Crippen molar-refractivity contribution in [3.05, 3.63) is 28.4 Å². The molecule has 134 valence electrons. The van der Waals surface area contributed by atoms with E-state index in [0.29, 0.717) is 33.7 Å². The Kier molecular flexibility index (Phi) is 6.22. The summed E-state index contributed by atoms with van der Waals surface area (Å²) >= 11 is 11.4. The second kappa shape index (κ2) is 8.17. The molecule has 0 aliphatic carbocycles. The fraction of sp³-hybridized carbons (Fsp3) is 0.312. The Morgan fingerprint density at radius 2 is 2.08 bits per heavy atom. The van der Waals surface area contributed by atoms with Gasteiger partial charge in [0.1, 0.15) is 5.70 Å². The average Bonchev–Trinajstić information content (AvgIpc) is 2.87. The number of hydrogen-bond donors (Lipinski definition) is 1. The largest absolute Gasteiger partial charge is 0.493 e. The van der Waals surface area contributed by atoms with Crippen LogP contribution < -0.4 is 14.8 Å². The first-order valence-electron chi connectivity index (χ1n) is 7.33. The molecular formula is C16H17ClN2O5S. The summed E-state index contributed by atoms with van der Waals surface area (Å²) in [7, 11) is 2.72. The van der Waals surface area contributed by atoms with Gasteiger partial charge in [0.25, 0.3) is 5.91 Å². The minimum atomic E-state index is -0.529. The standard InChI is InChI=1S/C16H17ClN2O5S/c1-4-19-15(21)11(18-16(19)25)5-9-6-12(22-2)13(7-10(9)17)24-8-14(20)23-3/h5-7H,4,8H2,1-3H3,(H,18,25). The topological polar surface area (TPSA) is 77.1 Å². The van der Waals surface area contributed by atoms with E-state index in [1.807, 2.05) is 6.92 Å². The van der Waals surface area contributed by atoms with Crippen molar-refractivity contribution < 1.29 is 23.8 Å². The molecule has 25 heavy (non-hydrogen) atoms. The maximum Gasteiger partial charge on any atom is 0.343 e. The van der Waals surface area contributed by atoms with Crippen LogP contribution in [0.4, 0.5) is 0 Å². The Labute approximate surface area is 155 Å². The van der Waals surface area contributed by atoms with Crippen molar-refractivity contribution in [3.8, 4) is 11.5 Å². The van der Waals surface area contributed by atoms with Crippen LogP contribution in [0.15, 0.2) is 17.8 Å². The van der Waals surface area contributed by atoms with Crippen molar-refractivity contribution in [2.75, 3.05) is 27.4 Å². The summed E-state index contributed by atoms with van der Waals surface area (Å²) in [5, 5.41) is 3.53. The minimum Gasteiger partial charge on any atom is -0.493 e. The number of nitrogens with one attached hydrogen (secondary N) is 1.